The van der Waals surface area contributed by atoms with Crippen molar-refractivity contribution >= 4 is 0 Å². The van der Waals surface area contributed by atoms with E-state index in [4.69, 9.17) is 10.2 Å². The third kappa shape index (κ3) is 2.44. The van der Waals surface area contributed by atoms with Gasteiger partial charge >= 0.3 is 0 Å². The van der Waals surface area contributed by atoms with Crippen molar-refractivity contribution in [2.24, 2.45) is 0 Å². The molecule has 3 heteroatoms. The Morgan fingerprint density at radius 1 is 1.25 bits per heavy atom. The summed E-state index contributed by atoms with van der Waals surface area (Å²) in [6.45, 7) is 1.85. The molecule has 0 heterocycles. The predicted molar refractivity (Wildman–Crippen MR) is 48.0 cm³/mol. The van der Waals surface area contributed by atoms with Gasteiger partial charge in [-0.05, 0) is 19.8 Å². The molecule has 12 heavy (non-hydrogen) atoms. The van der Waals surface area contributed by atoms with E-state index in [1.165, 1.54) is 25.7 Å². The van der Waals surface area contributed by atoms with Crippen LogP contribution in [0, 0.1) is 0 Å². The number of hydrogen-bond donors (Lipinski definition) is 3. The van der Waals surface area contributed by atoms with Crippen molar-refractivity contribution in [1.82, 2.24) is 5.32 Å². The highest BCUT2D eigenvalue weighted by Gasteiger charge is 2.27. The van der Waals surface area contributed by atoms with Crippen LogP contribution in [0.3, 0.4) is 0 Å². The Labute approximate surface area is 73.8 Å². The second-order valence-electron chi connectivity index (χ2n) is 4.00. The zero-order chi connectivity index (χ0) is 9.03. The van der Waals surface area contributed by atoms with E-state index < -0.39 is 5.54 Å². The Hall–Kier alpha value is -0.120. The lowest BCUT2D eigenvalue weighted by atomic mass is 10.0. The van der Waals surface area contributed by atoms with E-state index >= 15 is 0 Å². The SMILES string of the molecule is CC(CO)(CO)NC1CCCC1. The number of nitrogens with one attached hydrogen (secondary N) is 1. The lowest BCUT2D eigenvalue weighted by Crippen LogP contribution is -2.52. The van der Waals surface area contributed by atoms with Crippen molar-refractivity contribution in [2.75, 3.05) is 13.2 Å². The summed E-state index contributed by atoms with van der Waals surface area (Å²) in [6.07, 6.45) is 4.89. The summed E-state index contributed by atoms with van der Waals surface area (Å²) in [7, 11) is 0. The van der Waals surface area contributed by atoms with Gasteiger partial charge in [0.15, 0.2) is 0 Å². The van der Waals surface area contributed by atoms with Crippen molar-refractivity contribution < 1.29 is 10.2 Å². The molecule has 0 radical (unpaired) electrons. The Morgan fingerprint density at radius 2 is 1.75 bits per heavy atom. The van der Waals surface area contributed by atoms with E-state index in [-0.39, 0.29) is 13.2 Å². The van der Waals surface area contributed by atoms with Crippen LogP contribution >= 0.6 is 0 Å². The molecule has 0 aromatic rings. The first-order valence-electron chi connectivity index (χ1n) is 4.69. The van der Waals surface area contributed by atoms with E-state index in [1.807, 2.05) is 6.92 Å². The van der Waals surface area contributed by atoms with Gasteiger partial charge in [0, 0.05) is 6.04 Å². The molecular weight excluding hydrogens is 154 g/mol. The Bertz CT molecular complexity index is 128. The van der Waals surface area contributed by atoms with Crippen LogP contribution in [-0.2, 0) is 0 Å². The minimum absolute atomic E-state index is 0. The summed E-state index contributed by atoms with van der Waals surface area (Å²) in [4.78, 5) is 0. The molecule has 0 unspecified atom stereocenters. The normalized spacial score (nSPS) is 20.2. The quantitative estimate of drug-likeness (QED) is 0.571. The van der Waals surface area contributed by atoms with Gasteiger partial charge in [-0.3, -0.25) is 0 Å². The summed E-state index contributed by atoms with van der Waals surface area (Å²) in [5.74, 6) is 0. The minimum Gasteiger partial charge on any atom is -0.394 e. The summed E-state index contributed by atoms with van der Waals surface area (Å²) in [5.41, 5.74) is -0.491. The van der Waals surface area contributed by atoms with Crippen LogP contribution in [0.1, 0.15) is 32.6 Å². The molecule has 0 atom stereocenters. The van der Waals surface area contributed by atoms with E-state index in [2.05, 4.69) is 5.32 Å². The smallest absolute Gasteiger partial charge is 0.0633 e. The Morgan fingerprint density at radius 3 is 2.17 bits per heavy atom. The molecule has 0 amide bonds. The lowest BCUT2D eigenvalue weighted by Gasteiger charge is -2.30. The zero-order valence-electron chi connectivity index (χ0n) is 7.71. The maximum atomic E-state index is 9.02. The fraction of sp³-hybridized carbons (Fsp3) is 1.00. The molecule has 0 bridgehead atoms. The van der Waals surface area contributed by atoms with Crippen LogP contribution in [-0.4, -0.2) is 35.0 Å². The van der Waals surface area contributed by atoms with E-state index in [1.54, 1.807) is 0 Å². The van der Waals surface area contributed by atoms with Crippen molar-refractivity contribution in [3.63, 3.8) is 0 Å². The third-order valence-corrected chi connectivity index (χ3v) is 2.61. The predicted octanol–water partition coefficient (Wildman–Crippen LogP) is 0.262. The standard InChI is InChI=1S/C9H19NO2/c1-9(6-11,7-12)10-8-4-2-3-5-8/h8,10-12H,2-7H2,1H3. The van der Waals surface area contributed by atoms with Gasteiger partial charge in [-0.1, -0.05) is 12.8 Å². The van der Waals surface area contributed by atoms with Crippen LogP contribution < -0.4 is 5.32 Å². The zero-order valence-corrected chi connectivity index (χ0v) is 7.71. The van der Waals surface area contributed by atoms with Crippen LogP contribution in [0.25, 0.3) is 0 Å². The van der Waals surface area contributed by atoms with Crippen LogP contribution in [0.15, 0.2) is 0 Å². The maximum Gasteiger partial charge on any atom is 0.0633 e. The van der Waals surface area contributed by atoms with E-state index in [0.717, 1.165) is 0 Å². The van der Waals surface area contributed by atoms with Gasteiger partial charge in [0.25, 0.3) is 0 Å². The second-order valence-corrected chi connectivity index (χ2v) is 4.00. The molecule has 1 fully saturated rings. The Balaban J connectivity index is 2.35. The molecule has 1 aliphatic rings. The van der Waals surface area contributed by atoms with E-state index in [9.17, 15) is 0 Å². The van der Waals surface area contributed by atoms with Crippen molar-refractivity contribution in [2.45, 2.75) is 44.2 Å². The van der Waals surface area contributed by atoms with Crippen molar-refractivity contribution in [1.29, 1.82) is 0 Å². The average Bonchev–Trinajstić information content (AvgIpc) is 2.57. The maximum absolute atomic E-state index is 9.02. The number of aliphatic hydroxyl groups is 2. The van der Waals surface area contributed by atoms with Crippen LogP contribution in [0.2, 0.25) is 0 Å². The van der Waals surface area contributed by atoms with Gasteiger partial charge in [0.2, 0.25) is 0 Å². The molecule has 3 N–H and O–H groups in total. The van der Waals surface area contributed by atoms with Crippen molar-refractivity contribution in [3.8, 4) is 0 Å². The monoisotopic (exact) mass is 173 g/mol. The molecule has 1 rings (SSSR count). The third-order valence-electron chi connectivity index (χ3n) is 2.61. The molecule has 0 aliphatic heterocycles. The molecule has 0 saturated heterocycles. The largest absolute Gasteiger partial charge is 0.394 e. The average molecular weight is 173 g/mol. The molecule has 0 spiro atoms. The highest BCUT2D eigenvalue weighted by atomic mass is 16.3. The van der Waals surface area contributed by atoms with Crippen molar-refractivity contribution in [3.05, 3.63) is 0 Å². The summed E-state index contributed by atoms with van der Waals surface area (Å²) < 4.78 is 0. The molecule has 1 saturated carbocycles. The fourth-order valence-corrected chi connectivity index (χ4v) is 1.70. The number of aliphatic hydroxyl groups excluding tert-OH is 2. The van der Waals surface area contributed by atoms with Gasteiger partial charge in [0.05, 0.1) is 18.8 Å². The number of hydrogen-bond acceptors (Lipinski definition) is 3. The first-order chi connectivity index (χ1) is 5.70. The molecular formula is C9H19NO2. The highest BCUT2D eigenvalue weighted by molar-refractivity contribution is 4.87. The fourth-order valence-electron chi connectivity index (χ4n) is 1.70. The molecule has 0 aromatic carbocycles. The van der Waals surface area contributed by atoms with Gasteiger partial charge < -0.3 is 15.5 Å². The highest BCUT2D eigenvalue weighted by Crippen LogP contribution is 2.20. The molecule has 1 aliphatic carbocycles. The second kappa shape index (κ2) is 4.21. The lowest BCUT2D eigenvalue weighted by molar-refractivity contribution is 0.0945. The minimum atomic E-state index is -0.491. The topological polar surface area (TPSA) is 52.5 Å². The van der Waals surface area contributed by atoms with Crippen LogP contribution in [0.4, 0.5) is 0 Å². The van der Waals surface area contributed by atoms with Gasteiger partial charge in [-0.2, -0.15) is 0 Å². The van der Waals surface area contributed by atoms with Gasteiger partial charge in [-0.25, -0.2) is 0 Å². The summed E-state index contributed by atoms with van der Waals surface area (Å²) in [6, 6.07) is 0.495. The first kappa shape index (κ1) is 9.96. The molecule has 72 valence electrons. The summed E-state index contributed by atoms with van der Waals surface area (Å²) in [5, 5.41) is 21.3. The first-order valence-corrected chi connectivity index (χ1v) is 4.69. The van der Waals surface area contributed by atoms with Gasteiger partial charge in [-0.15, -0.1) is 0 Å². The Kier molecular flexibility index (Phi) is 3.50. The van der Waals surface area contributed by atoms with Crippen LogP contribution in [0.5, 0.6) is 0 Å². The van der Waals surface area contributed by atoms with Gasteiger partial charge in [0.1, 0.15) is 0 Å². The number of rotatable bonds is 4. The molecule has 3 nitrogen and oxygen atoms in total. The molecule has 0 aromatic heterocycles. The van der Waals surface area contributed by atoms with E-state index in [0.29, 0.717) is 6.04 Å². The summed E-state index contributed by atoms with van der Waals surface area (Å²) >= 11 is 0.